The van der Waals surface area contributed by atoms with E-state index in [1.54, 1.807) is 39.1 Å². The first-order chi connectivity index (χ1) is 15.3. The second-order valence-electron chi connectivity index (χ2n) is 6.76. The third-order valence-electron chi connectivity index (χ3n) is 4.55. The SMILES string of the molecule is Cc1nn(Cn2ccc(C(=O)Nc3nc(-c4ccc(OC(F)F)cc4)cs3)n2)c(C)c1Br. The average molecular weight is 523 g/mol. The van der Waals surface area contributed by atoms with E-state index in [9.17, 15) is 13.6 Å². The van der Waals surface area contributed by atoms with Gasteiger partial charge in [-0.2, -0.15) is 19.0 Å². The molecule has 3 heterocycles. The minimum Gasteiger partial charge on any atom is -0.435 e. The molecule has 166 valence electrons. The third kappa shape index (κ3) is 4.86. The lowest BCUT2D eigenvalue weighted by Crippen LogP contribution is -2.15. The number of nitrogens with zero attached hydrogens (tertiary/aromatic N) is 5. The van der Waals surface area contributed by atoms with Crippen LogP contribution in [-0.4, -0.2) is 37.1 Å². The van der Waals surface area contributed by atoms with Crippen molar-refractivity contribution in [2.24, 2.45) is 0 Å². The Hall–Kier alpha value is -3.12. The Bertz CT molecular complexity index is 1250. The highest BCUT2D eigenvalue weighted by Crippen LogP contribution is 2.27. The lowest BCUT2D eigenvalue weighted by molar-refractivity contribution is -0.0498. The quantitative estimate of drug-likeness (QED) is 0.371. The van der Waals surface area contributed by atoms with Crippen LogP contribution in [0.5, 0.6) is 5.75 Å². The van der Waals surface area contributed by atoms with Gasteiger partial charge in [-0.1, -0.05) is 0 Å². The second-order valence-corrected chi connectivity index (χ2v) is 8.41. The first kappa shape index (κ1) is 22.1. The fourth-order valence-electron chi connectivity index (χ4n) is 2.94. The predicted molar refractivity (Wildman–Crippen MR) is 119 cm³/mol. The van der Waals surface area contributed by atoms with Crippen molar-refractivity contribution in [1.29, 1.82) is 0 Å². The van der Waals surface area contributed by atoms with Crippen molar-refractivity contribution in [3.8, 4) is 17.0 Å². The van der Waals surface area contributed by atoms with E-state index in [0.29, 0.717) is 23.1 Å². The predicted octanol–water partition coefficient (Wildman–Crippen LogP) is 4.94. The molecule has 12 heteroatoms. The number of halogens is 3. The number of amides is 1. The molecule has 0 aliphatic heterocycles. The highest BCUT2D eigenvalue weighted by Gasteiger charge is 2.15. The summed E-state index contributed by atoms with van der Waals surface area (Å²) in [6.45, 7) is 1.35. The van der Waals surface area contributed by atoms with E-state index in [2.05, 4.69) is 41.2 Å². The maximum Gasteiger partial charge on any atom is 0.387 e. The minimum atomic E-state index is -2.88. The summed E-state index contributed by atoms with van der Waals surface area (Å²) in [5.74, 6) is -0.323. The maximum absolute atomic E-state index is 12.6. The van der Waals surface area contributed by atoms with Crippen molar-refractivity contribution >= 4 is 38.3 Å². The molecule has 0 aliphatic rings. The first-order valence-corrected chi connectivity index (χ1v) is 11.0. The number of hydrogen-bond donors (Lipinski definition) is 1. The number of carbonyl (C=O) groups excluding carboxylic acids is 1. The van der Waals surface area contributed by atoms with Gasteiger partial charge in [-0.05, 0) is 60.1 Å². The minimum absolute atomic E-state index is 0.0657. The molecule has 0 saturated heterocycles. The van der Waals surface area contributed by atoms with Crippen LogP contribution in [0, 0.1) is 13.8 Å². The number of rotatable bonds is 7. The number of thiazole rings is 1. The fraction of sp³-hybridized carbons (Fsp3) is 0.200. The summed E-state index contributed by atoms with van der Waals surface area (Å²) in [4.78, 5) is 16.9. The van der Waals surface area contributed by atoms with Gasteiger partial charge in [-0.3, -0.25) is 14.8 Å². The highest BCUT2D eigenvalue weighted by molar-refractivity contribution is 9.10. The summed E-state index contributed by atoms with van der Waals surface area (Å²) in [5, 5.41) is 13.6. The largest absolute Gasteiger partial charge is 0.435 e. The number of benzene rings is 1. The molecule has 1 aromatic carbocycles. The van der Waals surface area contributed by atoms with Crippen molar-refractivity contribution in [3.05, 3.63) is 63.5 Å². The molecule has 0 saturated carbocycles. The molecule has 0 spiro atoms. The zero-order chi connectivity index (χ0) is 22.8. The summed E-state index contributed by atoms with van der Waals surface area (Å²) in [5.41, 5.74) is 3.41. The summed E-state index contributed by atoms with van der Waals surface area (Å²) < 4.78 is 33.2. The summed E-state index contributed by atoms with van der Waals surface area (Å²) >= 11 is 4.74. The van der Waals surface area contributed by atoms with Crippen LogP contribution in [0.15, 0.2) is 46.4 Å². The number of nitrogens with one attached hydrogen (secondary N) is 1. The summed E-state index contributed by atoms with van der Waals surface area (Å²) in [7, 11) is 0. The van der Waals surface area contributed by atoms with Crippen molar-refractivity contribution in [2.45, 2.75) is 27.1 Å². The van der Waals surface area contributed by atoms with Gasteiger partial charge >= 0.3 is 6.61 Å². The van der Waals surface area contributed by atoms with Crippen LogP contribution >= 0.6 is 27.3 Å². The van der Waals surface area contributed by atoms with E-state index in [0.717, 1.165) is 15.9 Å². The van der Waals surface area contributed by atoms with E-state index in [4.69, 9.17) is 0 Å². The normalized spacial score (nSPS) is 11.2. The van der Waals surface area contributed by atoms with E-state index in [1.807, 2.05) is 13.8 Å². The van der Waals surface area contributed by atoms with Gasteiger partial charge in [-0.15, -0.1) is 11.3 Å². The summed E-state index contributed by atoms with van der Waals surface area (Å²) in [6.07, 6.45) is 1.70. The van der Waals surface area contributed by atoms with E-state index in [-0.39, 0.29) is 17.4 Å². The molecule has 1 amide bonds. The van der Waals surface area contributed by atoms with Crippen LogP contribution in [0.1, 0.15) is 21.9 Å². The molecular formula is C20H17BrF2N6O2S. The molecule has 0 radical (unpaired) electrons. The lowest BCUT2D eigenvalue weighted by Gasteiger charge is -2.04. The van der Waals surface area contributed by atoms with Crippen molar-refractivity contribution in [1.82, 2.24) is 24.5 Å². The van der Waals surface area contributed by atoms with E-state index < -0.39 is 6.61 Å². The van der Waals surface area contributed by atoms with Gasteiger partial charge in [0, 0.05) is 17.1 Å². The molecule has 4 aromatic rings. The van der Waals surface area contributed by atoms with Gasteiger partial charge in [0.1, 0.15) is 12.4 Å². The van der Waals surface area contributed by atoms with Gasteiger partial charge in [-0.25, -0.2) is 9.67 Å². The Morgan fingerprint density at radius 3 is 2.62 bits per heavy atom. The Morgan fingerprint density at radius 1 is 1.22 bits per heavy atom. The number of aryl methyl sites for hydroxylation is 1. The Balaban J connectivity index is 1.40. The lowest BCUT2D eigenvalue weighted by atomic mass is 10.2. The van der Waals surface area contributed by atoms with Crippen molar-refractivity contribution < 1.29 is 18.3 Å². The molecule has 3 aromatic heterocycles. The second kappa shape index (κ2) is 9.17. The van der Waals surface area contributed by atoms with Gasteiger partial charge in [0.05, 0.1) is 21.6 Å². The number of hydrogen-bond acceptors (Lipinski definition) is 6. The average Bonchev–Trinajstić information content (AvgIpc) is 3.46. The molecule has 32 heavy (non-hydrogen) atoms. The monoisotopic (exact) mass is 522 g/mol. The van der Waals surface area contributed by atoms with E-state index >= 15 is 0 Å². The van der Waals surface area contributed by atoms with Crippen LogP contribution in [0.25, 0.3) is 11.3 Å². The van der Waals surface area contributed by atoms with Crippen molar-refractivity contribution in [3.63, 3.8) is 0 Å². The van der Waals surface area contributed by atoms with Crippen molar-refractivity contribution in [2.75, 3.05) is 5.32 Å². The molecule has 1 N–H and O–H groups in total. The molecule has 0 aliphatic carbocycles. The molecule has 0 unspecified atom stereocenters. The standard InChI is InChI=1S/C20H17BrF2N6O2S/c1-11-17(21)12(2)29(26-11)10-28-8-7-15(27-28)18(30)25-20-24-16(9-32-20)13-3-5-14(6-4-13)31-19(22)23/h3-9,19H,10H2,1-2H3,(H,24,25,30). The molecule has 8 nitrogen and oxygen atoms in total. The van der Waals surface area contributed by atoms with Gasteiger partial charge in [0.15, 0.2) is 10.8 Å². The number of anilines is 1. The molecule has 0 fully saturated rings. The Kier molecular flexibility index (Phi) is 6.33. The van der Waals surface area contributed by atoms with Gasteiger partial charge < -0.3 is 4.74 Å². The van der Waals surface area contributed by atoms with Crippen LogP contribution in [-0.2, 0) is 6.67 Å². The smallest absolute Gasteiger partial charge is 0.387 e. The number of alkyl halides is 2. The zero-order valence-electron chi connectivity index (χ0n) is 16.9. The number of ether oxygens (including phenoxy) is 1. The molecular weight excluding hydrogens is 506 g/mol. The Labute approximate surface area is 194 Å². The topological polar surface area (TPSA) is 86.9 Å². The molecule has 0 bridgehead atoms. The number of carbonyl (C=O) groups is 1. The number of aromatic nitrogens is 5. The first-order valence-electron chi connectivity index (χ1n) is 9.35. The van der Waals surface area contributed by atoms with Crippen LogP contribution in [0.3, 0.4) is 0 Å². The zero-order valence-corrected chi connectivity index (χ0v) is 19.3. The Morgan fingerprint density at radius 2 is 1.97 bits per heavy atom. The third-order valence-corrected chi connectivity index (χ3v) is 6.45. The van der Waals surface area contributed by atoms with Crippen LogP contribution < -0.4 is 10.1 Å². The van der Waals surface area contributed by atoms with Crippen LogP contribution in [0.2, 0.25) is 0 Å². The van der Waals surface area contributed by atoms with Gasteiger partial charge in [0.25, 0.3) is 5.91 Å². The highest BCUT2D eigenvalue weighted by atomic mass is 79.9. The van der Waals surface area contributed by atoms with Gasteiger partial charge in [0.2, 0.25) is 0 Å². The molecule has 4 rings (SSSR count). The summed E-state index contributed by atoms with van der Waals surface area (Å²) in [6, 6.07) is 7.74. The fourth-order valence-corrected chi connectivity index (χ4v) is 3.94. The van der Waals surface area contributed by atoms with E-state index in [1.165, 1.54) is 23.5 Å². The molecule has 0 atom stereocenters. The van der Waals surface area contributed by atoms with Crippen LogP contribution in [0.4, 0.5) is 13.9 Å². The maximum atomic E-state index is 12.6.